The van der Waals surface area contributed by atoms with Crippen LogP contribution in [0.3, 0.4) is 0 Å². The summed E-state index contributed by atoms with van der Waals surface area (Å²) in [6.45, 7) is 5.83. The molecule has 4 aromatic rings. The van der Waals surface area contributed by atoms with Gasteiger partial charge in [-0.05, 0) is 67.9 Å². The average molecular weight is 531 g/mol. The number of Topliss-reactive ketones (excluding diaryl/α,β-unsaturated/α-hetero) is 1. The molecule has 0 radical (unpaired) electrons. The number of hydrogen-bond donors (Lipinski definition) is 1. The van der Waals surface area contributed by atoms with Crippen LogP contribution in [0, 0.1) is 0 Å². The fourth-order valence-electron chi connectivity index (χ4n) is 4.94. The zero-order valence-electron chi connectivity index (χ0n) is 21.3. The third-order valence-electron chi connectivity index (χ3n) is 6.84. The lowest BCUT2D eigenvalue weighted by Gasteiger charge is -2.28. The first-order valence-electron chi connectivity index (χ1n) is 12.4. The molecule has 0 aliphatic carbocycles. The number of rotatable bonds is 8. The van der Waals surface area contributed by atoms with Gasteiger partial charge in [0.1, 0.15) is 11.3 Å². The van der Waals surface area contributed by atoms with Gasteiger partial charge in [0, 0.05) is 29.2 Å². The fourth-order valence-corrected chi connectivity index (χ4v) is 5.13. The number of hydrogen-bond acceptors (Lipinski definition) is 6. The first kappa shape index (κ1) is 25.4. The average Bonchev–Trinajstić information content (AvgIpc) is 3.47. The van der Waals surface area contributed by atoms with E-state index in [1.165, 1.54) is 12.0 Å². The Morgan fingerprint density at radius 1 is 1.05 bits per heavy atom. The molecule has 5 rings (SSSR count). The zero-order chi connectivity index (χ0) is 27.0. The fraction of sp³-hybridized carbons (Fsp3) is 0.200. The number of aliphatic hydroxyl groups is 1. The normalized spacial score (nSPS) is 15.4. The molecule has 1 aliphatic rings. The Balaban J connectivity index is 1.65. The molecule has 1 amide bonds. The Hall–Kier alpha value is -4.23. The molecule has 2 heterocycles. The summed E-state index contributed by atoms with van der Waals surface area (Å²) in [6, 6.07) is 20.3. The Morgan fingerprint density at radius 2 is 1.76 bits per heavy atom. The molecule has 0 fully saturated rings. The number of aliphatic hydroxyl groups excluding tert-OH is 1. The number of para-hydroxylation sites is 2. The van der Waals surface area contributed by atoms with Gasteiger partial charge < -0.3 is 19.2 Å². The largest absolute Gasteiger partial charge is 0.503 e. The molecule has 38 heavy (non-hydrogen) atoms. The number of amides is 1. The maximum absolute atomic E-state index is 13.9. The lowest BCUT2D eigenvalue weighted by atomic mass is 9.94. The molecular weight excluding hydrogens is 504 g/mol. The van der Waals surface area contributed by atoms with Crippen molar-refractivity contribution < 1.29 is 23.8 Å². The Morgan fingerprint density at radius 3 is 2.45 bits per heavy atom. The minimum Gasteiger partial charge on any atom is -0.503 e. The van der Waals surface area contributed by atoms with Crippen LogP contribution in [0.1, 0.15) is 36.0 Å². The monoisotopic (exact) mass is 530 g/mol. The number of benzene rings is 3. The Bertz CT molecular complexity index is 1550. The number of carbonyl (C=O) groups is 2. The van der Waals surface area contributed by atoms with E-state index in [1.54, 1.807) is 48.5 Å². The summed E-state index contributed by atoms with van der Waals surface area (Å²) in [4.78, 5) is 31.0. The van der Waals surface area contributed by atoms with Crippen molar-refractivity contribution in [3.05, 3.63) is 100 Å². The summed E-state index contributed by atoms with van der Waals surface area (Å²) in [6.07, 6.45) is 0. The number of nitrogens with zero attached hydrogens (tertiary/aromatic N) is 2. The van der Waals surface area contributed by atoms with Crippen molar-refractivity contribution in [2.45, 2.75) is 19.9 Å². The van der Waals surface area contributed by atoms with Gasteiger partial charge in [-0.25, -0.2) is 0 Å². The van der Waals surface area contributed by atoms with Crippen molar-refractivity contribution in [3.8, 4) is 5.75 Å². The van der Waals surface area contributed by atoms with E-state index >= 15 is 0 Å². The van der Waals surface area contributed by atoms with Crippen LogP contribution in [0.2, 0.25) is 5.02 Å². The molecule has 0 spiro atoms. The molecule has 1 aliphatic heterocycles. The number of ketones is 1. The van der Waals surface area contributed by atoms with Gasteiger partial charge in [0.15, 0.2) is 11.5 Å². The van der Waals surface area contributed by atoms with E-state index in [0.29, 0.717) is 33.0 Å². The SMILES string of the molecule is CCN(CC)c1ccc(C2C(C(=O)c3cc4cc(Cl)ccc4o3)=C(O)C(=O)N2c2ccccc2OC)cc1. The highest BCUT2D eigenvalue weighted by Crippen LogP contribution is 2.45. The van der Waals surface area contributed by atoms with Crippen LogP contribution >= 0.6 is 11.6 Å². The Labute approximate surface area is 225 Å². The van der Waals surface area contributed by atoms with Gasteiger partial charge >= 0.3 is 0 Å². The van der Waals surface area contributed by atoms with Gasteiger partial charge in [-0.2, -0.15) is 0 Å². The van der Waals surface area contributed by atoms with Gasteiger partial charge in [-0.3, -0.25) is 14.5 Å². The van der Waals surface area contributed by atoms with Crippen LogP contribution in [0.4, 0.5) is 11.4 Å². The second kappa shape index (κ2) is 10.3. The molecule has 0 bridgehead atoms. The van der Waals surface area contributed by atoms with Gasteiger partial charge in [-0.1, -0.05) is 35.9 Å². The molecule has 3 aromatic carbocycles. The third-order valence-corrected chi connectivity index (χ3v) is 7.07. The second-order valence-corrected chi connectivity index (χ2v) is 9.33. The summed E-state index contributed by atoms with van der Waals surface area (Å²) in [5, 5.41) is 12.3. The summed E-state index contributed by atoms with van der Waals surface area (Å²) in [5.74, 6) is -1.47. The molecule has 1 aromatic heterocycles. The lowest BCUT2D eigenvalue weighted by molar-refractivity contribution is -0.117. The highest BCUT2D eigenvalue weighted by molar-refractivity contribution is 6.31. The number of anilines is 2. The van der Waals surface area contributed by atoms with Crippen LogP contribution in [0.5, 0.6) is 5.75 Å². The zero-order valence-corrected chi connectivity index (χ0v) is 22.0. The topological polar surface area (TPSA) is 83.2 Å². The highest BCUT2D eigenvalue weighted by Gasteiger charge is 2.46. The van der Waals surface area contributed by atoms with E-state index in [9.17, 15) is 14.7 Å². The molecule has 1 atom stereocenters. The summed E-state index contributed by atoms with van der Waals surface area (Å²) in [7, 11) is 1.51. The van der Waals surface area contributed by atoms with E-state index in [2.05, 4.69) is 18.7 Å². The van der Waals surface area contributed by atoms with Gasteiger partial charge in [-0.15, -0.1) is 0 Å². The number of halogens is 1. The molecule has 0 saturated heterocycles. The minimum absolute atomic E-state index is 0.00301. The van der Waals surface area contributed by atoms with Crippen LogP contribution in [-0.4, -0.2) is 37.0 Å². The smallest absolute Gasteiger partial charge is 0.294 e. The quantitative estimate of drug-likeness (QED) is 0.254. The van der Waals surface area contributed by atoms with Crippen molar-refractivity contribution in [2.75, 3.05) is 30.0 Å². The van der Waals surface area contributed by atoms with Crippen LogP contribution in [0.25, 0.3) is 11.0 Å². The van der Waals surface area contributed by atoms with Crippen LogP contribution in [0.15, 0.2) is 88.5 Å². The van der Waals surface area contributed by atoms with Gasteiger partial charge in [0.05, 0.1) is 24.4 Å². The third kappa shape index (κ3) is 4.29. The van der Waals surface area contributed by atoms with Gasteiger partial charge in [0.2, 0.25) is 5.78 Å². The first-order valence-corrected chi connectivity index (χ1v) is 12.7. The predicted octanol–water partition coefficient (Wildman–Crippen LogP) is 6.72. The second-order valence-electron chi connectivity index (χ2n) is 8.90. The van der Waals surface area contributed by atoms with Crippen molar-refractivity contribution in [3.63, 3.8) is 0 Å². The number of furan rings is 1. The van der Waals surface area contributed by atoms with E-state index in [0.717, 1.165) is 18.8 Å². The van der Waals surface area contributed by atoms with Crippen LogP contribution < -0.4 is 14.5 Å². The molecular formula is C30H27ClN2O5. The standard InChI is InChI=1S/C30H27ClN2O5/c1-4-32(5-2)21-13-10-18(11-14-21)27-26(28(34)25-17-19-16-20(31)12-15-23(19)38-25)29(35)30(36)33(27)22-8-6-7-9-24(22)37-3/h6-17,27,35H,4-5H2,1-3H3. The maximum atomic E-state index is 13.9. The van der Waals surface area contributed by atoms with Crippen molar-refractivity contribution in [1.82, 2.24) is 0 Å². The molecule has 7 nitrogen and oxygen atoms in total. The number of carbonyl (C=O) groups excluding carboxylic acids is 2. The summed E-state index contributed by atoms with van der Waals surface area (Å²) >= 11 is 6.11. The van der Waals surface area contributed by atoms with Crippen LogP contribution in [-0.2, 0) is 4.79 Å². The lowest BCUT2D eigenvalue weighted by Crippen LogP contribution is -2.31. The number of ether oxygens (including phenoxy) is 1. The first-order chi connectivity index (χ1) is 18.4. The molecule has 1 unspecified atom stereocenters. The summed E-state index contributed by atoms with van der Waals surface area (Å²) in [5.41, 5.74) is 2.52. The molecule has 0 saturated carbocycles. The van der Waals surface area contributed by atoms with Crippen molar-refractivity contribution in [1.29, 1.82) is 0 Å². The number of fused-ring (bicyclic) bond motifs is 1. The van der Waals surface area contributed by atoms with E-state index in [1.807, 2.05) is 24.3 Å². The summed E-state index contributed by atoms with van der Waals surface area (Å²) < 4.78 is 11.3. The minimum atomic E-state index is -0.908. The number of methoxy groups -OCH3 is 1. The maximum Gasteiger partial charge on any atom is 0.294 e. The molecule has 194 valence electrons. The molecule has 1 N–H and O–H groups in total. The Kier molecular flexibility index (Phi) is 6.87. The van der Waals surface area contributed by atoms with Crippen molar-refractivity contribution in [2.24, 2.45) is 0 Å². The van der Waals surface area contributed by atoms with Crippen molar-refractivity contribution >= 4 is 45.6 Å². The van der Waals surface area contributed by atoms with E-state index < -0.39 is 23.5 Å². The highest BCUT2D eigenvalue weighted by atomic mass is 35.5. The van der Waals surface area contributed by atoms with E-state index in [-0.39, 0.29) is 11.3 Å². The van der Waals surface area contributed by atoms with E-state index in [4.69, 9.17) is 20.8 Å². The molecule has 8 heteroatoms. The predicted molar refractivity (Wildman–Crippen MR) is 148 cm³/mol. The van der Waals surface area contributed by atoms with Gasteiger partial charge in [0.25, 0.3) is 5.91 Å².